The lowest BCUT2D eigenvalue weighted by Gasteiger charge is -2.33. The maximum atomic E-state index is 13.5. The Balaban J connectivity index is 2.44. The van der Waals surface area contributed by atoms with Crippen molar-refractivity contribution in [1.82, 2.24) is 10.2 Å². The van der Waals surface area contributed by atoms with E-state index in [2.05, 4.69) is 21.2 Å². The molecule has 10 heteroatoms. The van der Waals surface area contributed by atoms with Crippen molar-refractivity contribution in [1.29, 1.82) is 0 Å². The minimum atomic E-state index is -3.78. The SMILES string of the molecule is CCC(C(=O)NC(C)C)N(Cc1ccc(Cl)cc1)C(=O)CN(c1ccccc1Br)S(C)(=O)=O. The number of sulfonamides is 1. The van der Waals surface area contributed by atoms with E-state index < -0.39 is 28.5 Å². The third-order valence-electron chi connectivity index (χ3n) is 4.88. The molecule has 2 rings (SSSR count). The highest BCUT2D eigenvalue weighted by Gasteiger charge is 2.32. The molecule has 0 saturated carbocycles. The molecular formula is C23H29BrClN3O4S. The summed E-state index contributed by atoms with van der Waals surface area (Å²) in [7, 11) is -3.78. The van der Waals surface area contributed by atoms with E-state index in [-0.39, 0.29) is 18.5 Å². The number of halogens is 2. The van der Waals surface area contributed by atoms with E-state index in [1.807, 2.05) is 20.8 Å². The van der Waals surface area contributed by atoms with Gasteiger partial charge >= 0.3 is 0 Å². The summed E-state index contributed by atoms with van der Waals surface area (Å²) < 4.78 is 26.8. The van der Waals surface area contributed by atoms with Crippen LogP contribution in [0.2, 0.25) is 5.02 Å². The topological polar surface area (TPSA) is 86.8 Å². The molecule has 7 nitrogen and oxygen atoms in total. The van der Waals surface area contributed by atoms with Crippen LogP contribution < -0.4 is 9.62 Å². The average Bonchev–Trinajstić information content (AvgIpc) is 2.72. The van der Waals surface area contributed by atoms with Crippen LogP contribution in [0.1, 0.15) is 32.8 Å². The lowest BCUT2D eigenvalue weighted by atomic mass is 10.1. The Morgan fingerprint density at radius 3 is 2.21 bits per heavy atom. The molecule has 33 heavy (non-hydrogen) atoms. The van der Waals surface area contributed by atoms with Gasteiger partial charge in [0.1, 0.15) is 12.6 Å². The van der Waals surface area contributed by atoms with Crippen molar-refractivity contribution in [2.45, 2.75) is 45.8 Å². The molecule has 2 amide bonds. The van der Waals surface area contributed by atoms with Crippen molar-refractivity contribution in [2.75, 3.05) is 17.1 Å². The number of para-hydroxylation sites is 1. The van der Waals surface area contributed by atoms with Crippen LogP contribution in [0.25, 0.3) is 0 Å². The van der Waals surface area contributed by atoms with E-state index in [4.69, 9.17) is 11.6 Å². The molecule has 0 spiro atoms. The molecule has 0 radical (unpaired) electrons. The zero-order valence-electron chi connectivity index (χ0n) is 19.1. The van der Waals surface area contributed by atoms with Crippen LogP contribution in [0.5, 0.6) is 0 Å². The van der Waals surface area contributed by atoms with Crippen molar-refractivity contribution in [3.05, 3.63) is 63.6 Å². The molecule has 180 valence electrons. The molecule has 0 aliphatic rings. The van der Waals surface area contributed by atoms with Gasteiger partial charge in [-0.05, 0) is 66.0 Å². The second-order valence-electron chi connectivity index (χ2n) is 7.96. The van der Waals surface area contributed by atoms with Gasteiger partial charge in [0.25, 0.3) is 0 Å². The standard InChI is InChI=1S/C23H29BrClN3O4S/c1-5-20(23(30)26-16(2)3)27(14-17-10-12-18(25)13-11-17)22(29)15-28(33(4,31)32)21-9-7-6-8-19(21)24/h6-13,16,20H,5,14-15H2,1-4H3,(H,26,30). The van der Waals surface area contributed by atoms with E-state index in [0.717, 1.165) is 16.1 Å². The molecule has 0 aliphatic carbocycles. The summed E-state index contributed by atoms with van der Waals surface area (Å²) in [6, 6.07) is 12.9. The molecule has 1 N–H and O–H groups in total. The third kappa shape index (κ3) is 7.72. The van der Waals surface area contributed by atoms with Crippen LogP contribution in [0.3, 0.4) is 0 Å². The predicted molar refractivity (Wildman–Crippen MR) is 136 cm³/mol. The fraction of sp³-hybridized carbons (Fsp3) is 0.391. The van der Waals surface area contributed by atoms with Gasteiger partial charge in [-0.25, -0.2) is 8.42 Å². The smallest absolute Gasteiger partial charge is 0.244 e. The predicted octanol–water partition coefficient (Wildman–Crippen LogP) is 4.20. The molecular weight excluding hydrogens is 530 g/mol. The number of carbonyl (C=O) groups excluding carboxylic acids is 2. The van der Waals surface area contributed by atoms with Crippen molar-refractivity contribution < 1.29 is 18.0 Å². The average molecular weight is 559 g/mol. The fourth-order valence-corrected chi connectivity index (χ4v) is 4.94. The zero-order valence-corrected chi connectivity index (χ0v) is 22.2. The van der Waals surface area contributed by atoms with E-state index in [1.165, 1.54) is 4.90 Å². The number of rotatable bonds is 10. The summed E-state index contributed by atoms with van der Waals surface area (Å²) in [5.74, 6) is -0.779. The van der Waals surface area contributed by atoms with E-state index in [9.17, 15) is 18.0 Å². The van der Waals surface area contributed by atoms with Crippen LogP contribution in [0, 0.1) is 0 Å². The maximum absolute atomic E-state index is 13.5. The van der Waals surface area contributed by atoms with Crippen LogP contribution in [0.15, 0.2) is 53.0 Å². The first kappa shape index (κ1) is 27.1. The minimum absolute atomic E-state index is 0.105. The molecule has 2 aromatic rings. The highest BCUT2D eigenvalue weighted by Crippen LogP contribution is 2.28. The van der Waals surface area contributed by atoms with Gasteiger partial charge in [0, 0.05) is 22.1 Å². The van der Waals surface area contributed by atoms with E-state index >= 15 is 0 Å². The Bertz CT molecular complexity index is 1080. The number of anilines is 1. The molecule has 1 atom stereocenters. The van der Waals surface area contributed by atoms with Crippen molar-refractivity contribution >= 4 is 55.1 Å². The van der Waals surface area contributed by atoms with Gasteiger partial charge in [-0.3, -0.25) is 13.9 Å². The summed E-state index contributed by atoms with van der Waals surface area (Å²) in [6.45, 7) is 5.19. The Labute approximate surface area is 209 Å². The van der Waals surface area contributed by atoms with Gasteiger partial charge in [-0.15, -0.1) is 0 Å². The highest BCUT2D eigenvalue weighted by atomic mass is 79.9. The number of benzene rings is 2. The monoisotopic (exact) mass is 557 g/mol. The van der Waals surface area contributed by atoms with E-state index in [0.29, 0.717) is 21.6 Å². The minimum Gasteiger partial charge on any atom is -0.352 e. The summed E-state index contributed by atoms with van der Waals surface area (Å²) in [4.78, 5) is 27.9. The summed E-state index contributed by atoms with van der Waals surface area (Å²) >= 11 is 9.35. The number of nitrogens with zero attached hydrogens (tertiary/aromatic N) is 2. The second kappa shape index (κ2) is 11.9. The number of amides is 2. The third-order valence-corrected chi connectivity index (χ3v) is 6.93. The number of carbonyl (C=O) groups is 2. The number of hydrogen-bond acceptors (Lipinski definition) is 4. The van der Waals surface area contributed by atoms with Crippen molar-refractivity contribution in [2.24, 2.45) is 0 Å². The normalized spacial score (nSPS) is 12.3. The van der Waals surface area contributed by atoms with Crippen LogP contribution in [0.4, 0.5) is 5.69 Å². The first-order valence-electron chi connectivity index (χ1n) is 10.5. The molecule has 0 heterocycles. The Kier molecular flexibility index (Phi) is 9.75. The molecule has 1 unspecified atom stereocenters. The van der Waals surface area contributed by atoms with Gasteiger partial charge in [-0.2, -0.15) is 0 Å². The highest BCUT2D eigenvalue weighted by molar-refractivity contribution is 9.10. The zero-order chi connectivity index (χ0) is 24.8. The van der Waals surface area contributed by atoms with Crippen LogP contribution >= 0.6 is 27.5 Å². The largest absolute Gasteiger partial charge is 0.352 e. The second-order valence-corrected chi connectivity index (χ2v) is 11.2. The first-order valence-corrected chi connectivity index (χ1v) is 13.5. The van der Waals surface area contributed by atoms with Crippen molar-refractivity contribution in [3.63, 3.8) is 0 Å². The Hall–Kier alpha value is -2.10. The lowest BCUT2D eigenvalue weighted by molar-refractivity contribution is -0.140. The van der Waals surface area contributed by atoms with E-state index in [1.54, 1.807) is 48.5 Å². The Morgan fingerprint density at radius 2 is 1.70 bits per heavy atom. The summed E-state index contributed by atoms with van der Waals surface area (Å²) in [5, 5.41) is 3.41. The summed E-state index contributed by atoms with van der Waals surface area (Å²) in [6.07, 6.45) is 1.41. The first-order chi connectivity index (χ1) is 15.4. The summed E-state index contributed by atoms with van der Waals surface area (Å²) in [5.41, 5.74) is 1.12. The van der Waals surface area contributed by atoms with Gasteiger partial charge in [0.15, 0.2) is 0 Å². The van der Waals surface area contributed by atoms with Crippen molar-refractivity contribution in [3.8, 4) is 0 Å². The molecule has 2 aromatic carbocycles. The molecule has 0 aromatic heterocycles. The maximum Gasteiger partial charge on any atom is 0.244 e. The molecule has 0 saturated heterocycles. The van der Waals surface area contributed by atoms with Crippen LogP contribution in [-0.4, -0.2) is 50.0 Å². The fourth-order valence-electron chi connectivity index (χ4n) is 3.34. The van der Waals surface area contributed by atoms with Gasteiger partial charge in [0.2, 0.25) is 21.8 Å². The molecule has 0 fully saturated rings. The van der Waals surface area contributed by atoms with Crippen LogP contribution in [-0.2, 0) is 26.2 Å². The van der Waals surface area contributed by atoms with Gasteiger partial charge < -0.3 is 10.2 Å². The van der Waals surface area contributed by atoms with Gasteiger partial charge in [-0.1, -0.05) is 42.8 Å². The Morgan fingerprint density at radius 1 is 1.09 bits per heavy atom. The lowest BCUT2D eigenvalue weighted by Crippen LogP contribution is -2.53. The number of nitrogens with one attached hydrogen (secondary N) is 1. The molecule has 0 aliphatic heterocycles. The quantitative estimate of drug-likeness (QED) is 0.474. The van der Waals surface area contributed by atoms with Gasteiger partial charge in [0.05, 0.1) is 11.9 Å². The number of hydrogen-bond donors (Lipinski definition) is 1. The molecule has 0 bridgehead atoms.